The van der Waals surface area contributed by atoms with Crippen molar-refractivity contribution in [1.82, 2.24) is 0 Å². The molecule has 0 fully saturated rings. The number of thioether (sulfide) groups is 1. The number of rotatable bonds is 2. The van der Waals surface area contributed by atoms with E-state index in [2.05, 4.69) is 18.3 Å². The third-order valence-corrected chi connectivity index (χ3v) is 7.73. The zero-order valence-corrected chi connectivity index (χ0v) is 16.7. The summed E-state index contributed by atoms with van der Waals surface area (Å²) < 4.78 is 0. The molecule has 2 aromatic rings. The van der Waals surface area contributed by atoms with Gasteiger partial charge in [0.1, 0.15) is 0 Å². The van der Waals surface area contributed by atoms with E-state index in [-0.39, 0.29) is 5.91 Å². The lowest BCUT2D eigenvalue weighted by Crippen LogP contribution is -2.15. The highest BCUT2D eigenvalue weighted by Gasteiger charge is 2.27. The van der Waals surface area contributed by atoms with Gasteiger partial charge in [0.25, 0.3) is 5.91 Å². The van der Waals surface area contributed by atoms with E-state index < -0.39 is 0 Å². The fraction of sp³-hybridized carbons (Fsp3) is 0.350. The van der Waals surface area contributed by atoms with Gasteiger partial charge in [-0.15, -0.1) is 23.1 Å². The van der Waals surface area contributed by atoms with E-state index in [1.54, 1.807) is 17.3 Å². The van der Waals surface area contributed by atoms with Crippen LogP contribution in [0.15, 0.2) is 23.1 Å². The van der Waals surface area contributed by atoms with Crippen LogP contribution < -0.4 is 5.32 Å². The highest BCUT2D eigenvalue weighted by Crippen LogP contribution is 2.43. The molecule has 130 valence electrons. The van der Waals surface area contributed by atoms with Crippen LogP contribution in [-0.4, -0.2) is 5.91 Å². The summed E-state index contributed by atoms with van der Waals surface area (Å²) >= 11 is 9.68. The maximum Gasteiger partial charge on any atom is 0.262 e. The molecular weight excluding hydrogens is 370 g/mol. The van der Waals surface area contributed by atoms with Crippen LogP contribution in [0.1, 0.15) is 39.8 Å². The van der Waals surface area contributed by atoms with Crippen molar-refractivity contribution in [2.45, 2.75) is 38.9 Å². The Bertz CT molecular complexity index is 884. The molecule has 1 aliphatic carbocycles. The molecule has 0 spiro atoms. The molecule has 2 heterocycles. The standard InChI is InChI=1S/C20H20ClNOS2/c1-11-6-7-13-14-10-24-19(9-18(14)25-17(13)8-11)20(23)22-16-5-3-4-15(21)12(16)2/h3-5,9,11H,6-8,10H2,1-2H3,(H,22,23)/t11-/m1/s1. The lowest BCUT2D eigenvalue weighted by Gasteiger charge is -2.20. The number of carbonyl (C=O) groups is 1. The second-order valence-corrected chi connectivity index (χ2v) is 9.42. The van der Waals surface area contributed by atoms with Gasteiger partial charge in [-0.3, -0.25) is 4.79 Å². The van der Waals surface area contributed by atoms with E-state index in [4.69, 9.17) is 11.6 Å². The SMILES string of the molecule is Cc1c(Cl)cccc1NC(=O)C1=Cc2sc3c(c2CS1)CC[C@@H](C)C3. The Labute approximate surface area is 161 Å². The number of carbonyl (C=O) groups excluding carboxylic acids is 1. The largest absolute Gasteiger partial charge is 0.321 e. The van der Waals surface area contributed by atoms with Crippen molar-refractivity contribution in [3.8, 4) is 0 Å². The normalized spacial score (nSPS) is 19.0. The summed E-state index contributed by atoms with van der Waals surface area (Å²) in [7, 11) is 0. The highest BCUT2D eigenvalue weighted by atomic mass is 35.5. The fourth-order valence-electron chi connectivity index (χ4n) is 3.48. The van der Waals surface area contributed by atoms with E-state index >= 15 is 0 Å². The molecule has 1 atom stereocenters. The molecule has 25 heavy (non-hydrogen) atoms. The molecular formula is C20H20ClNOS2. The highest BCUT2D eigenvalue weighted by molar-refractivity contribution is 8.03. The lowest BCUT2D eigenvalue weighted by molar-refractivity contribution is -0.112. The molecule has 1 aromatic heterocycles. The minimum absolute atomic E-state index is 0.0410. The average Bonchev–Trinajstić information content (AvgIpc) is 2.95. The monoisotopic (exact) mass is 389 g/mol. The summed E-state index contributed by atoms with van der Waals surface area (Å²) in [4.78, 5) is 16.3. The summed E-state index contributed by atoms with van der Waals surface area (Å²) in [5.41, 5.74) is 4.71. The lowest BCUT2D eigenvalue weighted by atomic mass is 9.88. The predicted molar refractivity (Wildman–Crippen MR) is 110 cm³/mol. The van der Waals surface area contributed by atoms with Gasteiger partial charge in [-0.25, -0.2) is 0 Å². The Balaban J connectivity index is 1.59. The minimum Gasteiger partial charge on any atom is -0.321 e. The number of nitrogens with one attached hydrogen (secondary N) is 1. The second-order valence-electron chi connectivity index (χ2n) is 6.86. The molecule has 0 unspecified atom stereocenters. The van der Waals surface area contributed by atoms with Crippen LogP contribution in [0, 0.1) is 12.8 Å². The summed E-state index contributed by atoms with van der Waals surface area (Å²) in [5, 5.41) is 3.68. The molecule has 2 aliphatic rings. The Morgan fingerprint density at radius 3 is 3.00 bits per heavy atom. The van der Waals surface area contributed by atoms with Crippen LogP contribution in [0.25, 0.3) is 6.08 Å². The number of benzene rings is 1. The zero-order valence-electron chi connectivity index (χ0n) is 14.3. The molecule has 0 radical (unpaired) electrons. The van der Waals surface area contributed by atoms with Crippen molar-refractivity contribution in [2.75, 3.05) is 5.32 Å². The summed E-state index contributed by atoms with van der Waals surface area (Å²) in [6.07, 6.45) is 5.74. The van der Waals surface area contributed by atoms with E-state index in [1.165, 1.54) is 34.6 Å². The molecule has 2 nitrogen and oxygen atoms in total. The Kier molecular flexibility index (Phi) is 4.69. The molecule has 0 saturated heterocycles. The average molecular weight is 390 g/mol. The molecule has 1 aromatic carbocycles. The molecule has 1 N–H and O–H groups in total. The number of hydrogen-bond acceptors (Lipinski definition) is 3. The van der Waals surface area contributed by atoms with Gasteiger partial charge in [-0.1, -0.05) is 24.6 Å². The number of fused-ring (bicyclic) bond motifs is 3. The Morgan fingerprint density at radius 2 is 2.16 bits per heavy atom. The van der Waals surface area contributed by atoms with Gasteiger partial charge in [0.05, 0.1) is 4.91 Å². The van der Waals surface area contributed by atoms with Crippen molar-refractivity contribution >= 4 is 52.4 Å². The van der Waals surface area contributed by atoms with Gasteiger partial charge in [0, 0.05) is 26.2 Å². The van der Waals surface area contributed by atoms with Crippen LogP contribution in [0.5, 0.6) is 0 Å². The molecule has 5 heteroatoms. The molecule has 4 rings (SSSR count). The quantitative estimate of drug-likeness (QED) is 0.676. The first kappa shape index (κ1) is 17.2. The third-order valence-electron chi connectivity index (χ3n) is 5.03. The van der Waals surface area contributed by atoms with E-state index in [0.29, 0.717) is 5.02 Å². The maximum absolute atomic E-state index is 12.7. The van der Waals surface area contributed by atoms with Crippen LogP contribution in [-0.2, 0) is 23.4 Å². The van der Waals surface area contributed by atoms with Gasteiger partial charge < -0.3 is 5.32 Å². The van der Waals surface area contributed by atoms with Crippen molar-refractivity contribution < 1.29 is 4.79 Å². The molecule has 0 saturated carbocycles. The molecule has 1 aliphatic heterocycles. The Hall–Kier alpha value is -1.23. The number of hydrogen-bond donors (Lipinski definition) is 1. The number of amides is 1. The Morgan fingerprint density at radius 1 is 1.32 bits per heavy atom. The van der Waals surface area contributed by atoms with Gasteiger partial charge in [0.15, 0.2) is 0 Å². The third kappa shape index (κ3) is 3.27. The van der Waals surface area contributed by atoms with Gasteiger partial charge in [-0.05, 0) is 67.0 Å². The first-order valence-electron chi connectivity index (χ1n) is 8.57. The van der Waals surface area contributed by atoms with Crippen molar-refractivity contribution in [1.29, 1.82) is 0 Å². The van der Waals surface area contributed by atoms with Crippen LogP contribution in [0.3, 0.4) is 0 Å². The topological polar surface area (TPSA) is 29.1 Å². The predicted octanol–water partition coefficient (Wildman–Crippen LogP) is 6.06. The van der Waals surface area contributed by atoms with Crippen molar-refractivity contribution in [2.24, 2.45) is 5.92 Å². The van der Waals surface area contributed by atoms with Gasteiger partial charge in [-0.2, -0.15) is 0 Å². The van der Waals surface area contributed by atoms with Gasteiger partial charge in [0.2, 0.25) is 0 Å². The van der Waals surface area contributed by atoms with Crippen molar-refractivity contribution in [3.63, 3.8) is 0 Å². The summed E-state index contributed by atoms with van der Waals surface area (Å²) in [5.74, 6) is 1.64. The van der Waals surface area contributed by atoms with E-state index in [1.807, 2.05) is 36.5 Å². The van der Waals surface area contributed by atoms with Gasteiger partial charge >= 0.3 is 0 Å². The minimum atomic E-state index is -0.0410. The maximum atomic E-state index is 12.7. The molecule has 0 bridgehead atoms. The molecule has 1 amide bonds. The second kappa shape index (κ2) is 6.82. The first-order valence-corrected chi connectivity index (χ1v) is 10.8. The van der Waals surface area contributed by atoms with E-state index in [0.717, 1.165) is 27.8 Å². The first-order chi connectivity index (χ1) is 12.0. The number of anilines is 1. The summed E-state index contributed by atoms with van der Waals surface area (Å²) in [6.45, 7) is 4.26. The fourth-order valence-corrected chi connectivity index (χ4v) is 6.31. The van der Waals surface area contributed by atoms with Crippen LogP contribution in [0.4, 0.5) is 5.69 Å². The van der Waals surface area contributed by atoms with Crippen LogP contribution >= 0.6 is 34.7 Å². The zero-order chi connectivity index (χ0) is 17.6. The van der Waals surface area contributed by atoms with E-state index in [9.17, 15) is 4.79 Å². The van der Waals surface area contributed by atoms with Crippen LogP contribution in [0.2, 0.25) is 5.02 Å². The smallest absolute Gasteiger partial charge is 0.262 e. The van der Waals surface area contributed by atoms with Crippen molar-refractivity contribution in [3.05, 3.63) is 54.6 Å². The number of thiophene rings is 1. The summed E-state index contributed by atoms with van der Waals surface area (Å²) in [6, 6.07) is 5.59. The number of halogens is 1.